The van der Waals surface area contributed by atoms with Gasteiger partial charge >= 0.3 is 0 Å². The first-order chi connectivity index (χ1) is 13.7. The Labute approximate surface area is 171 Å². The summed E-state index contributed by atoms with van der Waals surface area (Å²) in [4.78, 5) is 4.74. The van der Waals surface area contributed by atoms with Crippen molar-refractivity contribution in [2.45, 2.75) is 26.2 Å². The number of halogens is 1. The van der Waals surface area contributed by atoms with Crippen molar-refractivity contribution >= 4 is 17.6 Å². The third kappa shape index (κ3) is 5.43. The quantitative estimate of drug-likeness (QED) is 0.448. The maximum Gasteiger partial charge on any atom is 0.191 e. The normalized spacial score (nSPS) is 21.6. The minimum absolute atomic E-state index is 0.0551. The fourth-order valence-corrected chi connectivity index (χ4v) is 3.80. The number of aliphatic hydroxyl groups excluding tert-OH is 1. The first-order valence-corrected chi connectivity index (χ1v) is 10.3. The summed E-state index contributed by atoms with van der Waals surface area (Å²) in [6.07, 6.45) is 2.43. The molecule has 0 spiro atoms. The number of hydrogen-bond donors (Lipinski definition) is 3. The second-order valence-corrected chi connectivity index (χ2v) is 7.66. The fraction of sp³-hybridized carbons (Fsp3) is 0.650. The van der Waals surface area contributed by atoms with Gasteiger partial charge in [0.2, 0.25) is 0 Å². The van der Waals surface area contributed by atoms with Crippen LogP contribution in [0.15, 0.2) is 17.1 Å². The smallest absolute Gasteiger partial charge is 0.191 e. The zero-order chi connectivity index (χ0) is 19.8. The minimum atomic E-state index is -0.0551. The van der Waals surface area contributed by atoms with E-state index in [9.17, 15) is 5.11 Å². The predicted octanol–water partition coefficient (Wildman–Crippen LogP) is 2.00. The molecule has 1 saturated heterocycles. The van der Waals surface area contributed by atoms with Crippen molar-refractivity contribution in [3.63, 3.8) is 0 Å². The molecule has 0 saturated carbocycles. The molecule has 2 heterocycles. The van der Waals surface area contributed by atoms with Crippen LogP contribution in [-0.4, -0.2) is 63.7 Å². The van der Waals surface area contributed by atoms with Gasteiger partial charge in [0.05, 0.1) is 18.2 Å². The molecule has 1 fully saturated rings. The summed E-state index contributed by atoms with van der Waals surface area (Å²) in [5, 5.41) is 16.6. The molecule has 0 amide bonds. The van der Waals surface area contributed by atoms with Crippen LogP contribution in [0.4, 0.5) is 0 Å². The molecule has 0 aromatic heterocycles. The number of nitrogens with zero attached hydrogens (tertiary/aromatic N) is 1. The molecule has 156 valence electrons. The molecule has 7 nitrogen and oxygen atoms in total. The number of aliphatic hydroxyl groups is 1. The van der Waals surface area contributed by atoms with Gasteiger partial charge in [-0.05, 0) is 43.9 Å². The topological polar surface area (TPSA) is 84.3 Å². The van der Waals surface area contributed by atoms with Crippen LogP contribution in [0.5, 0.6) is 11.5 Å². The van der Waals surface area contributed by atoms with E-state index >= 15 is 0 Å². The van der Waals surface area contributed by atoms with Crippen molar-refractivity contribution in [1.82, 2.24) is 10.6 Å². The Morgan fingerprint density at radius 3 is 2.86 bits per heavy atom. The van der Waals surface area contributed by atoms with Gasteiger partial charge in [-0.25, -0.2) is 0 Å². The molecule has 0 aliphatic carbocycles. The van der Waals surface area contributed by atoms with E-state index in [1.165, 1.54) is 0 Å². The van der Waals surface area contributed by atoms with Gasteiger partial charge in [0.15, 0.2) is 17.5 Å². The third-order valence-electron chi connectivity index (χ3n) is 5.11. The average molecular weight is 412 g/mol. The predicted molar refractivity (Wildman–Crippen MR) is 110 cm³/mol. The van der Waals surface area contributed by atoms with Crippen LogP contribution in [0.25, 0.3) is 0 Å². The average Bonchev–Trinajstić information content (AvgIpc) is 3.15. The highest BCUT2D eigenvalue weighted by atomic mass is 35.5. The van der Waals surface area contributed by atoms with E-state index < -0.39 is 0 Å². The number of aliphatic imine (C=N–C) groups is 1. The van der Waals surface area contributed by atoms with E-state index in [4.69, 9.17) is 30.8 Å². The lowest BCUT2D eigenvalue weighted by Gasteiger charge is -2.25. The van der Waals surface area contributed by atoms with Crippen LogP contribution in [0, 0.1) is 5.41 Å². The van der Waals surface area contributed by atoms with Crippen molar-refractivity contribution in [3.8, 4) is 11.5 Å². The Bertz CT molecular complexity index is 678. The standard InChI is InChI=1S/C20H30ClN3O4/c1-2-22-19(24-13-20(4-7-25)5-8-26-14-20)23-6-3-15-11-16(21)18-17(12-15)27-9-10-28-18/h11-12,25H,2-10,13-14H2,1H3,(H2,22,23,24). The Balaban J connectivity index is 1.57. The molecule has 2 aliphatic heterocycles. The van der Waals surface area contributed by atoms with E-state index in [-0.39, 0.29) is 12.0 Å². The van der Waals surface area contributed by atoms with Crippen LogP contribution in [0.3, 0.4) is 0 Å². The second-order valence-electron chi connectivity index (χ2n) is 7.25. The molecule has 0 bridgehead atoms. The molecular weight excluding hydrogens is 382 g/mol. The van der Waals surface area contributed by atoms with Crippen LogP contribution in [-0.2, 0) is 11.2 Å². The van der Waals surface area contributed by atoms with E-state index in [0.717, 1.165) is 37.5 Å². The first kappa shape index (κ1) is 21.0. The molecule has 1 aromatic carbocycles. The van der Waals surface area contributed by atoms with E-state index in [2.05, 4.69) is 10.6 Å². The SMILES string of the molecule is CCNC(=NCC1(CCO)CCOC1)NCCc1cc(Cl)c2c(c1)OCCO2. The molecule has 3 N–H and O–H groups in total. The van der Waals surface area contributed by atoms with Crippen LogP contribution in [0.1, 0.15) is 25.3 Å². The molecule has 28 heavy (non-hydrogen) atoms. The van der Waals surface area contributed by atoms with E-state index in [1.54, 1.807) is 0 Å². The van der Waals surface area contributed by atoms with Gasteiger partial charge in [-0.3, -0.25) is 4.99 Å². The van der Waals surface area contributed by atoms with Gasteiger partial charge < -0.3 is 30.0 Å². The molecule has 0 radical (unpaired) electrons. The third-order valence-corrected chi connectivity index (χ3v) is 5.39. The molecular formula is C20H30ClN3O4. The van der Waals surface area contributed by atoms with Gasteiger partial charge in [-0.1, -0.05) is 11.6 Å². The van der Waals surface area contributed by atoms with Crippen molar-refractivity contribution < 1.29 is 19.3 Å². The molecule has 2 aliphatic rings. The van der Waals surface area contributed by atoms with Crippen molar-refractivity contribution in [1.29, 1.82) is 0 Å². The van der Waals surface area contributed by atoms with Gasteiger partial charge in [-0.15, -0.1) is 0 Å². The van der Waals surface area contributed by atoms with Gasteiger partial charge in [-0.2, -0.15) is 0 Å². The molecule has 8 heteroatoms. The summed E-state index contributed by atoms with van der Waals surface area (Å²) in [5.41, 5.74) is 1.03. The van der Waals surface area contributed by atoms with Crippen molar-refractivity contribution in [2.24, 2.45) is 10.4 Å². The summed E-state index contributed by atoms with van der Waals surface area (Å²) in [6, 6.07) is 3.91. The van der Waals surface area contributed by atoms with Gasteiger partial charge in [0, 0.05) is 31.7 Å². The zero-order valence-corrected chi connectivity index (χ0v) is 17.2. The fourth-order valence-electron chi connectivity index (χ4n) is 3.51. The zero-order valence-electron chi connectivity index (χ0n) is 16.4. The Kier molecular flexibility index (Phi) is 7.65. The van der Waals surface area contributed by atoms with Crippen LogP contribution in [0.2, 0.25) is 5.02 Å². The number of hydrogen-bond acceptors (Lipinski definition) is 5. The Morgan fingerprint density at radius 1 is 1.25 bits per heavy atom. The van der Waals surface area contributed by atoms with E-state index in [0.29, 0.717) is 55.9 Å². The summed E-state index contributed by atoms with van der Waals surface area (Å²) in [6.45, 7) is 6.81. The first-order valence-electron chi connectivity index (χ1n) is 9.94. The summed E-state index contributed by atoms with van der Waals surface area (Å²) < 4.78 is 16.8. The number of benzene rings is 1. The van der Waals surface area contributed by atoms with Crippen LogP contribution < -0.4 is 20.1 Å². The summed E-state index contributed by atoms with van der Waals surface area (Å²) in [5.74, 6) is 2.12. The maximum atomic E-state index is 9.37. The monoisotopic (exact) mass is 411 g/mol. The second kappa shape index (κ2) is 10.2. The highest BCUT2D eigenvalue weighted by molar-refractivity contribution is 6.32. The number of rotatable bonds is 8. The number of fused-ring (bicyclic) bond motifs is 1. The lowest BCUT2D eigenvalue weighted by atomic mass is 9.84. The van der Waals surface area contributed by atoms with Crippen molar-refractivity contribution in [2.75, 3.05) is 52.7 Å². The minimum Gasteiger partial charge on any atom is -0.486 e. The Morgan fingerprint density at radius 2 is 2.11 bits per heavy atom. The number of ether oxygens (including phenoxy) is 3. The number of nitrogens with one attached hydrogen (secondary N) is 2. The van der Waals surface area contributed by atoms with Crippen molar-refractivity contribution in [3.05, 3.63) is 22.7 Å². The number of guanidine groups is 1. The molecule has 3 rings (SSSR count). The Hall–Kier alpha value is -1.70. The lowest BCUT2D eigenvalue weighted by molar-refractivity contribution is 0.131. The van der Waals surface area contributed by atoms with Gasteiger partial charge in [0.25, 0.3) is 0 Å². The molecule has 1 aromatic rings. The molecule has 1 atom stereocenters. The van der Waals surface area contributed by atoms with Crippen LogP contribution >= 0.6 is 11.6 Å². The highest BCUT2D eigenvalue weighted by Crippen LogP contribution is 2.38. The van der Waals surface area contributed by atoms with Gasteiger partial charge in [0.1, 0.15) is 13.2 Å². The molecule has 1 unspecified atom stereocenters. The summed E-state index contributed by atoms with van der Waals surface area (Å²) >= 11 is 6.31. The lowest BCUT2D eigenvalue weighted by Crippen LogP contribution is -2.39. The van der Waals surface area contributed by atoms with E-state index in [1.807, 2.05) is 19.1 Å². The maximum absolute atomic E-state index is 9.37. The largest absolute Gasteiger partial charge is 0.486 e. The highest BCUT2D eigenvalue weighted by Gasteiger charge is 2.34. The summed E-state index contributed by atoms with van der Waals surface area (Å²) in [7, 11) is 0.